The number of amides is 1. The molecule has 1 N–H and O–H groups in total. The Hall–Kier alpha value is -1.73. The van der Waals surface area contributed by atoms with Crippen LogP contribution in [0.5, 0.6) is 0 Å². The zero-order valence-electron chi connectivity index (χ0n) is 13.7. The van der Waals surface area contributed by atoms with Gasteiger partial charge < -0.3 is 19.5 Å². The molecular formula is C16H24N4O3. The molecule has 0 bridgehead atoms. The Kier molecular flexibility index (Phi) is 4.77. The van der Waals surface area contributed by atoms with Crippen LogP contribution in [-0.4, -0.2) is 72.6 Å². The molecule has 7 heteroatoms. The van der Waals surface area contributed by atoms with Crippen molar-refractivity contribution in [3.8, 4) is 0 Å². The number of nitrogens with zero attached hydrogens (tertiary/aromatic N) is 3. The average molecular weight is 320 g/mol. The average Bonchev–Trinajstić information content (AvgIpc) is 3.33. The van der Waals surface area contributed by atoms with Crippen molar-refractivity contribution < 1.29 is 9.53 Å². The smallest absolute Gasteiger partial charge is 0.263 e. The summed E-state index contributed by atoms with van der Waals surface area (Å²) in [5.74, 6) is 1.06. The number of carbonyl (C=O) groups excluding carboxylic acids is 1. The first-order valence-corrected chi connectivity index (χ1v) is 8.15. The van der Waals surface area contributed by atoms with Crippen molar-refractivity contribution in [3.05, 3.63) is 27.9 Å². The van der Waals surface area contributed by atoms with Gasteiger partial charge in [-0.2, -0.15) is 0 Å². The largest absolute Gasteiger partial charge is 0.379 e. The van der Waals surface area contributed by atoms with E-state index in [0.717, 1.165) is 19.4 Å². The summed E-state index contributed by atoms with van der Waals surface area (Å²) in [5.41, 5.74) is -0.207. The van der Waals surface area contributed by atoms with E-state index in [1.165, 1.54) is 6.20 Å². The molecule has 1 saturated carbocycles. The monoisotopic (exact) mass is 320 g/mol. The fourth-order valence-electron chi connectivity index (χ4n) is 2.99. The Morgan fingerprint density at radius 2 is 2.26 bits per heavy atom. The fourth-order valence-corrected chi connectivity index (χ4v) is 2.99. The molecule has 2 heterocycles. The summed E-state index contributed by atoms with van der Waals surface area (Å²) in [4.78, 5) is 35.7. The normalized spacial score (nSPS) is 22.2. The number of aromatic amines is 1. The van der Waals surface area contributed by atoms with Gasteiger partial charge in [-0.1, -0.05) is 0 Å². The highest BCUT2D eigenvalue weighted by Crippen LogP contribution is 2.37. The summed E-state index contributed by atoms with van der Waals surface area (Å²) < 4.78 is 5.59. The van der Waals surface area contributed by atoms with Crippen LogP contribution in [0.3, 0.4) is 0 Å². The molecule has 1 amide bonds. The maximum absolute atomic E-state index is 12.7. The van der Waals surface area contributed by atoms with Gasteiger partial charge in [-0.05, 0) is 26.9 Å². The van der Waals surface area contributed by atoms with E-state index in [-0.39, 0.29) is 22.9 Å². The van der Waals surface area contributed by atoms with Crippen LogP contribution >= 0.6 is 0 Å². The van der Waals surface area contributed by atoms with Crippen LogP contribution < -0.4 is 5.56 Å². The minimum Gasteiger partial charge on any atom is -0.379 e. The molecule has 126 valence electrons. The lowest BCUT2D eigenvalue weighted by Gasteiger charge is -2.25. The molecule has 1 atom stereocenters. The van der Waals surface area contributed by atoms with E-state index in [9.17, 15) is 9.59 Å². The van der Waals surface area contributed by atoms with E-state index in [1.807, 2.05) is 14.1 Å². The second-order valence-electron chi connectivity index (χ2n) is 6.74. The number of H-pyrrole nitrogens is 1. The van der Waals surface area contributed by atoms with Gasteiger partial charge in [0.25, 0.3) is 11.5 Å². The number of rotatable bonds is 4. The highest BCUT2D eigenvalue weighted by molar-refractivity contribution is 5.93. The summed E-state index contributed by atoms with van der Waals surface area (Å²) in [6.45, 7) is 3.09. The van der Waals surface area contributed by atoms with Crippen LogP contribution in [-0.2, 0) is 4.74 Å². The molecule has 23 heavy (non-hydrogen) atoms. The van der Waals surface area contributed by atoms with Crippen molar-refractivity contribution in [1.82, 2.24) is 19.8 Å². The highest BCUT2D eigenvalue weighted by Gasteiger charge is 2.29. The van der Waals surface area contributed by atoms with Gasteiger partial charge in [-0.3, -0.25) is 9.59 Å². The molecule has 1 saturated heterocycles. The summed E-state index contributed by atoms with van der Waals surface area (Å²) in [6.07, 6.45) is 3.55. The van der Waals surface area contributed by atoms with Gasteiger partial charge in [-0.25, -0.2) is 4.98 Å². The molecule has 2 fully saturated rings. The summed E-state index contributed by atoms with van der Waals surface area (Å²) in [6, 6.07) is 0. The van der Waals surface area contributed by atoms with E-state index >= 15 is 0 Å². The minimum atomic E-state index is -0.332. The quantitative estimate of drug-likeness (QED) is 0.863. The molecule has 0 unspecified atom stereocenters. The van der Waals surface area contributed by atoms with E-state index in [2.05, 4.69) is 14.9 Å². The Labute approximate surface area is 135 Å². The Morgan fingerprint density at radius 1 is 1.48 bits per heavy atom. The molecular weight excluding hydrogens is 296 g/mol. The van der Waals surface area contributed by atoms with Crippen molar-refractivity contribution >= 4 is 5.91 Å². The first-order valence-electron chi connectivity index (χ1n) is 8.15. The second-order valence-corrected chi connectivity index (χ2v) is 6.74. The molecule has 0 radical (unpaired) electrons. The number of nitrogens with one attached hydrogen (secondary N) is 1. The third-order valence-corrected chi connectivity index (χ3v) is 4.26. The Morgan fingerprint density at radius 3 is 2.91 bits per heavy atom. The first kappa shape index (κ1) is 16.1. The van der Waals surface area contributed by atoms with Crippen LogP contribution in [0.25, 0.3) is 0 Å². The molecule has 1 aromatic heterocycles. The Balaban J connectivity index is 1.74. The second kappa shape index (κ2) is 6.80. The molecule has 7 nitrogen and oxygen atoms in total. The molecule has 0 aromatic carbocycles. The maximum atomic E-state index is 12.7. The maximum Gasteiger partial charge on any atom is 0.263 e. The van der Waals surface area contributed by atoms with E-state index in [1.54, 1.807) is 4.90 Å². The zero-order valence-corrected chi connectivity index (χ0v) is 13.7. The van der Waals surface area contributed by atoms with Crippen LogP contribution in [0, 0.1) is 5.92 Å². The molecule has 2 aliphatic rings. The van der Waals surface area contributed by atoms with Gasteiger partial charge >= 0.3 is 0 Å². The molecule has 3 rings (SSSR count). The minimum absolute atomic E-state index is 0.125. The topological polar surface area (TPSA) is 78.5 Å². The SMILES string of the molecule is CN(C)C[C@@H]1COCCN(C(=O)c2cnc(C3CC3)[nH]c2=O)C1. The number of carbonyl (C=O) groups is 1. The highest BCUT2D eigenvalue weighted by atomic mass is 16.5. The van der Waals surface area contributed by atoms with E-state index in [0.29, 0.717) is 38.0 Å². The lowest BCUT2D eigenvalue weighted by atomic mass is 10.1. The van der Waals surface area contributed by atoms with Gasteiger partial charge in [-0.15, -0.1) is 0 Å². The summed E-state index contributed by atoms with van der Waals surface area (Å²) >= 11 is 0. The number of aromatic nitrogens is 2. The van der Waals surface area contributed by atoms with Crippen molar-refractivity contribution in [3.63, 3.8) is 0 Å². The van der Waals surface area contributed by atoms with Crippen molar-refractivity contribution in [2.24, 2.45) is 5.92 Å². The van der Waals surface area contributed by atoms with Gasteiger partial charge in [0.05, 0.1) is 13.2 Å². The molecule has 1 aliphatic carbocycles. The Bertz CT molecular complexity index is 624. The summed E-state index contributed by atoms with van der Waals surface area (Å²) in [7, 11) is 4.00. The van der Waals surface area contributed by atoms with Crippen LogP contribution in [0.4, 0.5) is 0 Å². The lowest BCUT2D eigenvalue weighted by molar-refractivity contribution is 0.0732. The summed E-state index contributed by atoms with van der Waals surface area (Å²) in [5, 5.41) is 0. The first-order chi connectivity index (χ1) is 11.0. The van der Waals surface area contributed by atoms with Gasteiger partial charge in [0.2, 0.25) is 0 Å². The third-order valence-electron chi connectivity index (χ3n) is 4.26. The van der Waals surface area contributed by atoms with Crippen LogP contribution in [0.1, 0.15) is 34.9 Å². The number of hydrogen-bond acceptors (Lipinski definition) is 5. The zero-order chi connectivity index (χ0) is 16.4. The standard InChI is InChI=1S/C16H24N4O3/c1-19(2)8-11-9-20(5-6-23-10-11)16(22)13-7-17-14(12-3-4-12)18-15(13)21/h7,11-12H,3-6,8-10H2,1-2H3,(H,17,18,21)/t11-/m0/s1. The van der Waals surface area contributed by atoms with Crippen molar-refractivity contribution in [2.45, 2.75) is 18.8 Å². The van der Waals surface area contributed by atoms with Crippen molar-refractivity contribution in [2.75, 3.05) is 46.9 Å². The number of hydrogen-bond donors (Lipinski definition) is 1. The predicted molar refractivity (Wildman–Crippen MR) is 85.6 cm³/mol. The van der Waals surface area contributed by atoms with Crippen LogP contribution in [0.2, 0.25) is 0 Å². The lowest BCUT2D eigenvalue weighted by Crippen LogP contribution is -2.40. The molecule has 0 spiro atoms. The molecule has 1 aliphatic heterocycles. The van der Waals surface area contributed by atoms with E-state index < -0.39 is 0 Å². The van der Waals surface area contributed by atoms with Gasteiger partial charge in [0.1, 0.15) is 11.4 Å². The van der Waals surface area contributed by atoms with E-state index in [4.69, 9.17) is 4.74 Å². The fraction of sp³-hybridized carbons (Fsp3) is 0.688. The predicted octanol–water partition coefficient (Wildman–Crippen LogP) is 0.298. The van der Waals surface area contributed by atoms with Gasteiger partial charge in [0.15, 0.2) is 0 Å². The third kappa shape index (κ3) is 3.97. The number of ether oxygens (including phenoxy) is 1. The van der Waals surface area contributed by atoms with Crippen molar-refractivity contribution in [1.29, 1.82) is 0 Å². The molecule has 1 aromatic rings. The van der Waals surface area contributed by atoms with Crippen LogP contribution in [0.15, 0.2) is 11.0 Å². The van der Waals surface area contributed by atoms with Gasteiger partial charge in [0, 0.05) is 37.7 Å².